The number of benzene rings is 2. The maximum absolute atomic E-state index is 14.8. The zero-order chi connectivity index (χ0) is 28.0. The fourth-order valence-corrected chi connectivity index (χ4v) is 8.98. The summed E-state index contributed by atoms with van der Waals surface area (Å²) in [6, 6.07) is 13.6. The van der Waals surface area contributed by atoms with Crippen molar-refractivity contribution in [3.05, 3.63) is 89.5 Å². The van der Waals surface area contributed by atoms with Crippen LogP contribution in [-0.2, 0) is 19.1 Å². The number of rotatable bonds is 4. The van der Waals surface area contributed by atoms with Gasteiger partial charge >= 0.3 is 5.97 Å². The number of amides is 2. The average molecular weight is 559 g/mol. The van der Waals surface area contributed by atoms with Gasteiger partial charge in [-0.25, -0.2) is 0 Å². The van der Waals surface area contributed by atoms with Gasteiger partial charge in [0.15, 0.2) is 0 Å². The summed E-state index contributed by atoms with van der Waals surface area (Å²) in [4.78, 5) is 46.3. The maximum atomic E-state index is 14.8. The quantitative estimate of drug-likeness (QED) is 0.449. The molecule has 0 aromatic heterocycles. The second-order valence-corrected chi connectivity index (χ2v) is 12.5. The number of carbonyl (C=O) groups is 3. The van der Waals surface area contributed by atoms with E-state index in [0.717, 1.165) is 35.2 Å². The summed E-state index contributed by atoms with van der Waals surface area (Å²) in [5.41, 5.74) is 3.51. The topological polar surface area (TPSA) is 87.2 Å². The van der Waals surface area contributed by atoms with Crippen LogP contribution in [-0.4, -0.2) is 63.6 Å². The number of thioether (sulfide) groups is 1. The Hall–Kier alpha value is -3.36. The molecule has 4 aliphatic heterocycles. The number of cyclic esters (lactones) is 1. The molecule has 0 bridgehead atoms. The second-order valence-electron chi connectivity index (χ2n) is 11.0. The van der Waals surface area contributed by atoms with Crippen LogP contribution in [0.4, 0.5) is 5.69 Å². The zero-order valence-corrected chi connectivity index (χ0v) is 23.5. The Labute approximate surface area is 238 Å². The van der Waals surface area contributed by atoms with Crippen molar-refractivity contribution in [1.29, 1.82) is 0 Å². The minimum Gasteiger partial charge on any atom is -0.465 e. The summed E-state index contributed by atoms with van der Waals surface area (Å²) >= 11 is 1.52. The molecule has 40 heavy (non-hydrogen) atoms. The molecule has 0 radical (unpaired) electrons. The predicted octanol–water partition coefficient (Wildman–Crippen LogP) is 4.13. The minimum atomic E-state index is -0.987. The van der Waals surface area contributed by atoms with E-state index in [1.54, 1.807) is 9.80 Å². The normalized spacial score (nSPS) is 31.3. The van der Waals surface area contributed by atoms with E-state index in [2.05, 4.69) is 6.08 Å². The fourth-order valence-electron chi connectivity index (χ4n) is 6.99. The number of aliphatic hydroxyl groups excluding tert-OH is 1. The number of fused-ring (bicyclic) bond motifs is 2. The predicted molar refractivity (Wildman–Crippen MR) is 155 cm³/mol. The molecule has 1 unspecified atom stereocenters. The number of anilines is 1. The van der Waals surface area contributed by atoms with Crippen molar-refractivity contribution in [2.75, 3.05) is 24.7 Å². The number of hydrogen-bond donors (Lipinski definition) is 1. The molecule has 1 spiro atoms. The number of allylic oxidation sites excluding steroid dienone is 1. The van der Waals surface area contributed by atoms with Crippen molar-refractivity contribution in [3.63, 3.8) is 0 Å². The van der Waals surface area contributed by atoms with Crippen LogP contribution in [0.25, 0.3) is 0 Å². The highest BCUT2D eigenvalue weighted by Crippen LogP contribution is 2.62. The first-order valence-corrected chi connectivity index (χ1v) is 14.8. The van der Waals surface area contributed by atoms with Gasteiger partial charge in [0.2, 0.25) is 5.91 Å². The van der Waals surface area contributed by atoms with Gasteiger partial charge in [0, 0.05) is 17.5 Å². The molecule has 2 fully saturated rings. The monoisotopic (exact) mass is 558 g/mol. The Morgan fingerprint density at radius 3 is 2.50 bits per heavy atom. The Bertz CT molecular complexity index is 1370. The third kappa shape index (κ3) is 4.11. The highest BCUT2D eigenvalue weighted by Gasteiger charge is 2.72. The van der Waals surface area contributed by atoms with E-state index in [0.29, 0.717) is 13.2 Å². The first kappa shape index (κ1) is 26.8. The average Bonchev–Trinajstić information content (AvgIpc) is 3.36. The Kier molecular flexibility index (Phi) is 7.09. The van der Waals surface area contributed by atoms with E-state index in [9.17, 15) is 19.5 Å². The molecule has 2 aromatic rings. The van der Waals surface area contributed by atoms with Crippen molar-refractivity contribution < 1.29 is 24.2 Å². The Balaban J connectivity index is 1.54. The lowest BCUT2D eigenvalue weighted by Gasteiger charge is -2.39. The van der Waals surface area contributed by atoms with Crippen LogP contribution in [0.2, 0.25) is 0 Å². The standard InChI is InChI=1S/C32H34N2O5S/c1-20-11-9-12-21(2)27(20)33-17-10-16-32-26(25-24(40-32)15-7-4-8-18-39-31(25)38)29(36)34(28(32)30(33)37)23(19-35)22-13-5-3-6-14-22/h3,5-7,9-16,23-26,28,35H,4,8,17-19H2,1-2H3/b15-7-/t23-,24+,25-,26+,28?,32+/m1/s1. The molecule has 4 aliphatic rings. The summed E-state index contributed by atoms with van der Waals surface area (Å²) in [5.74, 6) is -2.41. The van der Waals surface area contributed by atoms with Crippen LogP contribution in [0.3, 0.4) is 0 Å². The number of ether oxygens (including phenoxy) is 1. The summed E-state index contributed by atoms with van der Waals surface area (Å²) < 4.78 is 4.68. The lowest BCUT2D eigenvalue weighted by molar-refractivity contribution is -0.153. The number of carbonyl (C=O) groups excluding carboxylic acids is 3. The van der Waals surface area contributed by atoms with Crippen molar-refractivity contribution in [1.82, 2.24) is 4.90 Å². The van der Waals surface area contributed by atoms with E-state index < -0.39 is 34.6 Å². The molecular formula is C32H34N2O5S. The van der Waals surface area contributed by atoms with Gasteiger partial charge in [-0.3, -0.25) is 14.4 Å². The molecule has 8 heteroatoms. The minimum absolute atomic E-state index is 0.205. The molecule has 2 amide bonds. The third-order valence-corrected chi connectivity index (χ3v) is 10.4. The van der Waals surface area contributed by atoms with E-state index >= 15 is 0 Å². The van der Waals surface area contributed by atoms with Crippen molar-refractivity contribution in [2.45, 2.75) is 48.8 Å². The van der Waals surface area contributed by atoms with Crippen molar-refractivity contribution >= 4 is 35.2 Å². The van der Waals surface area contributed by atoms with Gasteiger partial charge in [-0.1, -0.05) is 72.8 Å². The molecule has 208 valence electrons. The van der Waals surface area contributed by atoms with E-state index in [-0.39, 0.29) is 23.7 Å². The number of para-hydroxylation sites is 1. The molecule has 6 atom stereocenters. The van der Waals surface area contributed by atoms with Crippen molar-refractivity contribution in [2.24, 2.45) is 11.8 Å². The van der Waals surface area contributed by atoms with E-state index in [1.165, 1.54) is 11.8 Å². The van der Waals surface area contributed by atoms with E-state index in [4.69, 9.17) is 4.74 Å². The van der Waals surface area contributed by atoms with Crippen LogP contribution in [0.5, 0.6) is 0 Å². The SMILES string of the molecule is Cc1cccc(C)c1N1CC=C[C@]23S[C@H]4/C=C\CCCOC(=O)[C@H]4[C@H]2C(=O)N([C@H](CO)c2ccccc2)C3C1=O. The lowest BCUT2D eigenvalue weighted by Crippen LogP contribution is -2.54. The van der Waals surface area contributed by atoms with Gasteiger partial charge in [0.25, 0.3) is 5.91 Å². The summed E-state index contributed by atoms with van der Waals surface area (Å²) in [6.45, 7) is 4.27. The third-order valence-electron chi connectivity index (χ3n) is 8.69. The van der Waals surface area contributed by atoms with Crippen LogP contribution < -0.4 is 4.90 Å². The molecule has 0 saturated carbocycles. The maximum Gasteiger partial charge on any atom is 0.311 e. The number of esters is 1. The Morgan fingerprint density at radius 1 is 1.02 bits per heavy atom. The highest BCUT2D eigenvalue weighted by molar-refractivity contribution is 8.02. The first-order valence-electron chi connectivity index (χ1n) is 13.9. The molecule has 4 heterocycles. The van der Waals surface area contributed by atoms with Gasteiger partial charge in [0.1, 0.15) is 6.04 Å². The second kappa shape index (κ2) is 10.6. The molecule has 1 N–H and O–H groups in total. The van der Waals surface area contributed by atoms with E-state index in [1.807, 2.05) is 80.6 Å². The van der Waals surface area contributed by atoms with Gasteiger partial charge in [-0.05, 0) is 43.4 Å². The van der Waals surface area contributed by atoms with Crippen LogP contribution in [0, 0.1) is 25.7 Å². The van der Waals surface area contributed by atoms with Gasteiger partial charge in [-0.2, -0.15) is 0 Å². The van der Waals surface area contributed by atoms with Gasteiger partial charge in [-0.15, -0.1) is 11.8 Å². The molecule has 2 saturated heterocycles. The van der Waals surface area contributed by atoms with Gasteiger partial charge in [0.05, 0.1) is 35.8 Å². The van der Waals surface area contributed by atoms with Crippen molar-refractivity contribution in [3.8, 4) is 0 Å². The van der Waals surface area contributed by atoms with Gasteiger partial charge < -0.3 is 19.6 Å². The molecule has 0 aliphatic carbocycles. The number of nitrogens with zero attached hydrogens (tertiary/aromatic N) is 2. The Morgan fingerprint density at radius 2 is 1.77 bits per heavy atom. The number of aliphatic hydroxyl groups is 1. The van der Waals surface area contributed by atoms with Crippen LogP contribution >= 0.6 is 11.8 Å². The van der Waals surface area contributed by atoms with Crippen LogP contribution in [0.15, 0.2) is 72.8 Å². The number of likely N-dealkylation sites (tertiary alicyclic amines) is 1. The highest BCUT2D eigenvalue weighted by atomic mass is 32.2. The lowest BCUT2D eigenvalue weighted by atomic mass is 9.78. The summed E-state index contributed by atoms with van der Waals surface area (Å²) in [5, 5.41) is 10.4. The summed E-state index contributed by atoms with van der Waals surface area (Å²) in [6.07, 6.45) is 9.57. The smallest absolute Gasteiger partial charge is 0.311 e. The molecule has 2 aromatic carbocycles. The van der Waals surface area contributed by atoms with Crippen LogP contribution in [0.1, 0.15) is 35.6 Å². The fraction of sp³-hybridized carbons (Fsp3) is 0.406. The first-order chi connectivity index (χ1) is 19.4. The summed E-state index contributed by atoms with van der Waals surface area (Å²) in [7, 11) is 0. The largest absolute Gasteiger partial charge is 0.465 e. The zero-order valence-electron chi connectivity index (χ0n) is 22.7. The molecule has 7 nitrogen and oxygen atoms in total. The number of aryl methyl sites for hydroxylation is 2. The number of hydrogen-bond acceptors (Lipinski definition) is 6. The molecular weight excluding hydrogens is 524 g/mol. The molecule has 6 rings (SSSR count).